The van der Waals surface area contributed by atoms with E-state index in [0.29, 0.717) is 17.3 Å². The van der Waals surface area contributed by atoms with Gasteiger partial charge in [0.2, 0.25) is 0 Å². The van der Waals surface area contributed by atoms with Gasteiger partial charge in [-0.15, -0.1) is 0 Å². The molecule has 20 heavy (non-hydrogen) atoms. The van der Waals surface area contributed by atoms with E-state index in [-0.39, 0.29) is 0 Å². The van der Waals surface area contributed by atoms with Crippen LogP contribution < -0.4 is 4.74 Å². The number of rotatable bonds is 4. The van der Waals surface area contributed by atoms with Gasteiger partial charge in [0.1, 0.15) is 10.9 Å². The van der Waals surface area contributed by atoms with Crippen molar-refractivity contribution in [1.29, 1.82) is 0 Å². The van der Waals surface area contributed by atoms with Crippen LogP contribution in [0.15, 0.2) is 22.7 Å². The lowest BCUT2D eigenvalue weighted by molar-refractivity contribution is 0.173. The molecule has 0 amide bonds. The summed E-state index contributed by atoms with van der Waals surface area (Å²) < 4.78 is 7.79. The normalized spacial score (nSPS) is 12.5. The molecule has 6 heteroatoms. The molecular formula is C14H16BrClN2O2. The second kappa shape index (κ2) is 6.16. The highest BCUT2D eigenvalue weighted by Crippen LogP contribution is 2.32. The second-order valence-electron chi connectivity index (χ2n) is 4.58. The van der Waals surface area contributed by atoms with Gasteiger partial charge in [0.05, 0.1) is 18.9 Å². The van der Waals surface area contributed by atoms with Gasteiger partial charge in [-0.2, -0.15) is 5.10 Å². The van der Waals surface area contributed by atoms with Crippen LogP contribution in [0.25, 0.3) is 0 Å². The van der Waals surface area contributed by atoms with Gasteiger partial charge in [0, 0.05) is 29.1 Å². The minimum absolute atomic E-state index is 0.394. The fraction of sp³-hybridized carbons (Fsp3) is 0.357. The zero-order chi connectivity index (χ0) is 14.9. The van der Waals surface area contributed by atoms with Crippen LogP contribution in [0.5, 0.6) is 5.75 Å². The Hall–Kier alpha value is -1.04. The summed E-state index contributed by atoms with van der Waals surface area (Å²) in [6, 6.07) is 5.54. The Morgan fingerprint density at radius 2 is 2.20 bits per heavy atom. The number of aryl methyl sites for hydroxylation is 2. The molecule has 0 radical (unpaired) electrons. The Balaban J connectivity index is 2.32. The first kappa shape index (κ1) is 15.4. The highest BCUT2D eigenvalue weighted by atomic mass is 79.9. The van der Waals surface area contributed by atoms with Crippen LogP contribution in [0, 0.1) is 6.92 Å². The molecule has 1 aromatic carbocycles. The molecule has 0 spiro atoms. The van der Waals surface area contributed by atoms with Gasteiger partial charge in [-0.05, 0) is 25.1 Å². The lowest BCUT2D eigenvalue weighted by atomic mass is 10.0. The van der Waals surface area contributed by atoms with Crippen LogP contribution in [-0.2, 0) is 13.5 Å². The van der Waals surface area contributed by atoms with E-state index >= 15 is 0 Å². The average Bonchev–Trinajstić information content (AvgIpc) is 2.65. The topological polar surface area (TPSA) is 47.3 Å². The molecule has 0 saturated heterocycles. The number of benzene rings is 1. The molecule has 1 aromatic heterocycles. The number of hydrogen-bond donors (Lipinski definition) is 1. The third-order valence-electron chi connectivity index (χ3n) is 3.22. The van der Waals surface area contributed by atoms with Crippen molar-refractivity contribution in [2.45, 2.75) is 19.4 Å². The molecule has 0 bridgehead atoms. The predicted molar refractivity (Wildman–Crippen MR) is 82.3 cm³/mol. The fourth-order valence-electron chi connectivity index (χ4n) is 2.17. The van der Waals surface area contributed by atoms with Crippen molar-refractivity contribution in [3.63, 3.8) is 0 Å². The van der Waals surface area contributed by atoms with E-state index in [0.717, 1.165) is 21.3 Å². The average molecular weight is 360 g/mol. The summed E-state index contributed by atoms with van der Waals surface area (Å²) in [4.78, 5) is 0. The minimum atomic E-state index is -0.706. The molecule has 1 heterocycles. The van der Waals surface area contributed by atoms with Gasteiger partial charge in [-0.25, -0.2) is 0 Å². The Bertz CT molecular complexity index is 628. The fourth-order valence-corrected chi connectivity index (χ4v) is 2.81. The summed E-state index contributed by atoms with van der Waals surface area (Å²) in [5.74, 6) is 0.651. The van der Waals surface area contributed by atoms with Crippen molar-refractivity contribution in [2.75, 3.05) is 7.11 Å². The molecule has 0 saturated carbocycles. The molecule has 0 fully saturated rings. The van der Waals surface area contributed by atoms with Crippen molar-refractivity contribution in [1.82, 2.24) is 9.78 Å². The molecule has 1 unspecified atom stereocenters. The third-order valence-corrected chi connectivity index (χ3v) is 4.18. The Morgan fingerprint density at radius 1 is 1.50 bits per heavy atom. The van der Waals surface area contributed by atoms with Gasteiger partial charge in [0.25, 0.3) is 0 Å². The smallest absolute Gasteiger partial charge is 0.130 e. The van der Waals surface area contributed by atoms with Crippen molar-refractivity contribution in [3.05, 3.63) is 44.6 Å². The Kier molecular flexibility index (Phi) is 4.73. The first-order valence-electron chi connectivity index (χ1n) is 6.13. The predicted octanol–water partition coefficient (Wildman–Crippen LogP) is 3.43. The summed E-state index contributed by atoms with van der Waals surface area (Å²) in [6.07, 6.45) is -0.312. The number of methoxy groups -OCH3 is 1. The van der Waals surface area contributed by atoms with Crippen molar-refractivity contribution >= 4 is 27.5 Å². The van der Waals surface area contributed by atoms with E-state index in [1.807, 2.05) is 25.1 Å². The molecule has 0 aliphatic rings. The molecule has 1 N–H and O–H groups in total. The largest absolute Gasteiger partial charge is 0.496 e. The van der Waals surface area contributed by atoms with E-state index in [2.05, 4.69) is 21.0 Å². The van der Waals surface area contributed by atoms with Crippen LogP contribution in [0.4, 0.5) is 0 Å². The molecule has 0 aliphatic heterocycles. The highest BCUT2D eigenvalue weighted by molar-refractivity contribution is 9.10. The number of aliphatic hydroxyl groups excluding tert-OH is 1. The molecule has 0 aliphatic carbocycles. The van der Waals surface area contributed by atoms with Crippen LogP contribution in [0.3, 0.4) is 0 Å². The Morgan fingerprint density at radius 3 is 2.75 bits per heavy atom. The molecule has 2 rings (SSSR count). The quantitative estimate of drug-likeness (QED) is 0.910. The van der Waals surface area contributed by atoms with E-state index in [1.54, 1.807) is 18.8 Å². The zero-order valence-corrected chi connectivity index (χ0v) is 13.9. The van der Waals surface area contributed by atoms with Crippen LogP contribution >= 0.6 is 27.5 Å². The van der Waals surface area contributed by atoms with Crippen molar-refractivity contribution in [2.24, 2.45) is 7.05 Å². The van der Waals surface area contributed by atoms with Crippen LogP contribution in [0.2, 0.25) is 5.15 Å². The molecular weight excluding hydrogens is 344 g/mol. The second-order valence-corrected chi connectivity index (χ2v) is 5.86. The highest BCUT2D eigenvalue weighted by Gasteiger charge is 2.19. The van der Waals surface area contributed by atoms with Gasteiger partial charge in [0.15, 0.2) is 0 Å². The van der Waals surface area contributed by atoms with Crippen LogP contribution in [0.1, 0.15) is 22.9 Å². The lowest BCUT2D eigenvalue weighted by Crippen LogP contribution is -2.05. The Labute approximate surface area is 131 Å². The summed E-state index contributed by atoms with van der Waals surface area (Å²) in [6.45, 7) is 1.88. The third kappa shape index (κ3) is 3.00. The van der Waals surface area contributed by atoms with E-state index in [1.165, 1.54) is 0 Å². The SMILES string of the molecule is COc1ccc(Br)cc1C(O)Cc1c(C)nn(C)c1Cl. The summed E-state index contributed by atoms with van der Waals surface area (Å²) in [5.41, 5.74) is 2.40. The summed E-state index contributed by atoms with van der Waals surface area (Å²) >= 11 is 9.60. The lowest BCUT2D eigenvalue weighted by Gasteiger charge is -2.15. The summed E-state index contributed by atoms with van der Waals surface area (Å²) in [7, 11) is 3.37. The monoisotopic (exact) mass is 358 g/mol. The zero-order valence-electron chi connectivity index (χ0n) is 11.5. The van der Waals surface area contributed by atoms with Gasteiger partial charge < -0.3 is 9.84 Å². The molecule has 2 aromatic rings. The van der Waals surface area contributed by atoms with E-state index in [9.17, 15) is 5.11 Å². The maximum atomic E-state index is 10.5. The van der Waals surface area contributed by atoms with Gasteiger partial charge >= 0.3 is 0 Å². The number of hydrogen-bond acceptors (Lipinski definition) is 3. The maximum Gasteiger partial charge on any atom is 0.130 e. The first-order chi connectivity index (χ1) is 9.43. The van der Waals surface area contributed by atoms with E-state index < -0.39 is 6.10 Å². The molecule has 1 atom stereocenters. The van der Waals surface area contributed by atoms with Crippen molar-refractivity contribution < 1.29 is 9.84 Å². The minimum Gasteiger partial charge on any atom is -0.496 e. The molecule has 108 valence electrons. The summed E-state index contributed by atoms with van der Waals surface area (Å²) in [5, 5.41) is 15.3. The van der Waals surface area contributed by atoms with Crippen molar-refractivity contribution in [3.8, 4) is 5.75 Å². The number of nitrogens with zero attached hydrogens (tertiary/aromatic N) is 2. The van der Waals surface area contributed by atoms with Crippen LogP contribution in [-0.4, -0.2) is 22.0 Å². The molecule has 4 nitrogen and oxygen atoms in total. The number of ether oxygens (including phenoxy) is 1. The number of aliphatic hydroxyl groups is 1. The van der Waals surface area contributed by atoms with Gasteiger partial charge in [-0.1, -0.05) is 27.5 Å². The van der Waals surface area contributed by atoms with E-state index in [4.69, 9.17) is 16.3 Å². The van der Waals surface area contributed by atoms with Gasteiger partial charge in [-0.3, -0.25) is 4.68 Å². The number of halogens is 2. The first-order valence-corrected chi connectivity index (χ1v) is 7.30. The number of aromatic nitrogens is 2. The standard InChI is InChI=1S/C14H16BrClN2O2/c1-8-10(14(16)18(2)17-8)7-12(19)11-6-9(15)4-5-13(11)20-3/h4-6,12,19H,7H2,1-3H3. The maximum absolute atomic E-state index is 10.5.